The summed E-state index contributed by atoms with van der Waals surface area (Å²) >= 11 is 0. The van der Waals surface area contributed by atoms with Crippen molar-refractivity contribution in [2.75, 3.05) is 10.5 Å². The zero-order valence-electron chi connectivity index (χ0n) is 18.2. The summed E-state index contributed by atoms with van der Waals surface area (Å²) in [5.41, 5.74) is 8.23. The third-order valence-corrected chi connectivity index (χ3v) is 5.29. The van der Waals surface area contributed by atoms with Crippen molar-refractivity contribution in [2.24, 2.45) is 5.73 Å². The number of esters is 1. The summed E-state index contributed by atoms with van der Waals surface area (Å²) in [6, 6.07) is 16.0. The molecule has 1 unspecified atom stereocenters. The summed E-state index contributed by atoms with van der Waals surface area (Å²) in [5.74, 6) is -0.587. The Bertz CT molecular complexity index is 1170. The molecule has 0 bridgehead atoms. The Kier molecular flexibility index (Phi) is 5.52. The second-order valence-corrected chi connectivity index (χ2v) is 8.92. The summed E-state index contributed by atoms with van der Waals surface area (Å²) in [7, 11) is 0. The van der Waals surface area contributed by atoms with Gasteiger partial charge in [0.1, 0.15) is 11.6 Å². The first kappa shape index (κ1) is 21.6. The number of nitrogens with zero attached hydrogens (tertiary/aromatic N) is 1. The second-order valence-electron chi connectivity index (χ2n) is 8.92. The van der Waals surface area contributed by atoms with Gasteiger partial charge in [-0.15, -0.1) is 0 Å². The molecule has 0 aliphatic carbocycles. The molecule has 4 rings (SSSR count). The molecule has 9 heteroatoms. The van der Waals surface area contributed by atoms with E-state index < -0.39 is 22.5 Å². The van der Waals surface area contributed by atoms with Gasteiger partial charge in [-0.3, -0.25) is 14.9 Å². The molecule has 1 aliphatic heterocycles. The Morgan fingerprint density at radius 2 is 1.75 bits per heavy atom. The van der Waals surface area contributed by atoms with Gasteiger partial charge >= 0.3 is 13.0 Å². The van der Waals surface area contributed by atoms with Crippen LogP contribution in [0.4, 0.5) is 17.1 Å². The van der Waals surface area contributed by atoms with Crippen LogP contribution in [0.2, 0.25) is 0 Å². The summed E-state index contributed by atoms with van der Waals surface area (Å²) in [4.78, 5) is 23.6. The van der Waals surface area contributed by atoms with Gasteiger partial charge in [-0.25, -0.2) is 0 Å². The van der Waals surface area contributed by atoms with Crippen molar-refractivity contribution >= 4 is 46.2 Å². The van der Waals surface area contributed by atoms with Crippen LogP contribution in [0.1, 0.15) is 26.3 Å². The summed E-state index contributed by atoms with van der Waals surface area (Å²) < 4.78 is 5.30. The molecule has 164 valence electrons. The van der Waals surface area contributed by atoms with Crippen LogP contribution in [-0.2, 0) is 16.0 Å². The lowest BCUT2D eigenvalue weighted by Crippen LogP contribution is -2.48. The van der Waals surface area contributed by atoms with Crippen LogP contribution in [0.25, 0.3) is 10.8 Å². The molecule has 3 aromatic carbocycles. The first-order valence-corrected chi connectivity index (χ1v) is 10.4. The third-order valence-electron chi connectivity index (χ3n) is 5.29. The number of hydrogen-bond donors (Lipinski definition) is 3. The van der Waals surface area contributed by atoms with Crippen LogP contribution < -0.4 is 21.7 Å². The van der Waals surface area contributed by atoms with Crippen molar-refractivity contribution in [3.8, 4) is 0 Å². The lowest BCUT2D eigenvalue weighted by molar-refractivity contribution is -0.385. The molecule has 32 heavy (non-hydrogen) atoms. The van der Waals surface area contributed by atoms with E-state index in [9.17, 15) is 14.9 Å². The van der Waals surface area contributed by atoms with E-state index in [-0.39, 0.29) is 19.1 Å². The molecule has 0 spiro atoms. The number of anilines is 2. The number of carbonyl (C=O) groups excluding carboxylic acids is 1. The molecule has 0 saturated carbocycles. The molecule has 3 aromatic rings. The fraction of sp³-hybridized carbons (Fsp3) is 0.261. The van der Waals surface area contributed by atoms with E-state index >= 15 is 0 Å². The molecular formula is C23H25BN4O4. The molecule has 4 N–H and O–H groups in total. The van der Waals surface area contributed by atoms with Gasteiger partial charge in [0.2, 0.25) is 0 Å². The molecule has 8 nitrogen and oxygen atoms in total. The molecule has 1 aliphatic rings. The molecule has 1 atom stereocenters. The number of benzene rings is 3. The number of nitrogens with one attached hydrogen (secondary N) is 2. The van der Waals surface area contributed by atoms with Crippen molar-refractivity contribution in [1.82, 2.24) is 0 Å². The molecule has 0 radical (unpaired) electrons. The maximum absolute atomic E-state index is 12.2. The van der Waals surface area contributed by atoms with Gasteiger partial charge in [-0.1, -0.05) is 36.4 Å². The summed E-state index contributed by atoms with van der Waals surface area (Å²) in [6.45, 7) is 4.90. The van der Waals surface area contributed by atoms with Gasteiger partial charge in [-0.2, -0.15) is 0 Å². The van der Waals surface area contributed by atoms with E-state index in [0.717, 1.165) is 22.1 Å². The number of nitro benzene ring substituents is 1. The third kappa shape index (κ3) is 4.38. The molecule has 0 amide bonds. The SMILES string of the molecule is CC(C)(C)OC(=O)C(N)Cc1ccc(B2Nc3cccc4cccc(c34)N2)cc1[N+](=O)[O-]. The van der Waals surface area contributed by atoms with Gasteiger partial charge in [0.05, 0.1) is 4.92 Å². The lowest BCUT2D eigenvalue weighted by Gasteiger charge is -2.27. The molecule has 1 heterocycles. The van der Waals surface area contributed by atoms with Crippen LogP contribution in [-0.4, -0.2) is 29.5 Å². The van der Waals surface area contributed by atoms with Crippen molar-refractivity contribution in [1.29, 1.82) is 0 Å². The highest BCUT2D eigenvalue weighted by Crippen LogP contribution is 2.34. The minimum atomic E-state index is -0.991. The highest BCUT2D eigenvalue weighted by atomic mass is 16.6. The predicted octanol–water partition coefficient (Wildman–Crippen LogP) is 3.19. The van der Waals surface area contributed by atoms with Crippen molar-refractivity contribution in [2.45, 2.75) is 38.8 Å². The predicted molar refractivity (Wildman–Crippen MR) is 127 cm³/mol. The van der Waals surface area contributed by atoms with E-state index in [2.05, 4.69) is 10.5 Å². The number of nitrogens with two attached hydrogens (primary N) is 1. The number of rotatable bonds is 5. The Morgan fingerprint density at radius 1 is 1.12 bits per heavy atom. The quantitative estimate of drug-likeness (QED) is 0.245. The summed E-state index contributed by atoms with van der Waals surface area (Å²) in [5, 5.41) is 20.8. The lowest BCUT2D eigenvalue weighted by atomic mass is 9.65. The number of nitro groups is 1. The van der Waals surface area contributed by atoms with Crippen LogP contribution >= 0.6 is 0 Å². The van der Waals surface area contributed by atoms with Crippen molar-refractivity contribution in [3.63, 3.8) is 0 Å². The normalized spacial score (nSPS) is 13.8. The van der Waals surface area contributed by atoms with E-state index in [1.54, 1.807) is 26.8 Å². The van der Waals surface area contributed by atoms with Crippen molar-refractivity contribution < 1.29 is 14.5 Å². The Hall–Kier alpha value is -3.59. The Morgan fingerprint density at radius 3 is 2.31 bits per heavy atom. The fourth-order valence-corrected chi connectivity index (χ4v) is 3.90. The Balaban J connectivity index is 1.60. The highest BCUT2D eigenvalue weighted by Gasteiger charge is 2.29. The zero-order chi connectivity index (χ0) is 23.0. The zero-order valence-corrected chi connectivity index (χ0v) is 18.2. The molecule has 0 aromatic heterocycles. The van der Waals surface area contributed by atoms with E-state index in [1.807, 2.05) is 42.5 Å². The number of hydrogen-bond acceptors (Lipinski definition) is 7. The average Bonchev–Trinajstić information content (AvgIpc) is 2.73. The fourth-order valence-electron chi connectivity index (χ4n) is 3.90. The minimum absolute atomic E-state index is 0.0131. The van der Waals surface area contributed by atoms with Gasteiger partial charge < -0.3 is 20.9 Å². The highest BCUT2D eigenvalue weighted by molar-refractivity contribution is 6.80. The largest absolute Gasteiger partial charge is 0.459 e. The van der Waals surface area contributed by atoms with Crippen molar-refractivity contribution in [3.05, 3.63) is 70.3 Å². The number of carbonyl (C=O) groups is 1. The standard InChI is InChI=1S/C23H25BN4O4/c1-23(2,3)32-22(29)17(25)12-15-10-11-16(13-20(15)28(30)31)24-26-18-8-4-6-14-7-5-9-19(27-24)21(14)18/h4-11,13,17,26-27H,12,25H2,1-3H3. The molecular weight excluding hydrogens is 407 g/mol. The van der Waals surface area contributed by atoms with Crippen LogP contribution in [0.3, 0.4) is 0 Å². The molecule has 0 saturated heterocycles. The second kappa shape index (κ2) is 8.16. The maximum Gasteiger partial charge on any atom is 0.406 e. The van der Waals surface area contributed by atoms with E-state index in [4.69, 9.17) is 10.5 Å². The topological polar surface area (TPSA) is 120 Å². The smallest absolute Gasteiger partial charge is 0.406 e. The minimum Gasteiger partial charge on any atom is -0.459 e. The van der Waals surface area contributed by atoms with Gasteiger partial charge in [0.25, 0.3) is 5.69 Å². The van der Waals surface area contributed by atoms with Crippen LogP contribution in [0.15, 0.2) is 54.6 Å². The maximum atomic E-state index is 12.2. The van der Waals surface area contributed by atoms with Gasteiger partial charge in [0, 0.05) is 34.8 Å². The summed E-state index contributed by atoms with van der Waals surface area (Å²) in [6.07, 6.45) is 0.0131. The van der Waals surface area contributed by atoms with Crippen LogP contribution in [0.5, 0.6) is 0 Å². The van der Waals surface area contributed by atoms with Gasteiger partial charge in [-0.05, 0) is 43.8 Å². The van der Waals surface area contributed by atoms with Crippen LogP contribution in [0, 0.1) is 10.1 Å². The van der Waals surface area contributed by atoms with E-state index in [0.29, 0.717) is 11.0 Å². The monoisotopic (exact) mass is 432 g/mol. The van der Waals surface area contributed by atoms with E-state index in [1.165, 1.54) is 6.07 Å². The Labute approximate surface area is 186 Å². The average molecular weight is 432 g/mol. The first-order valence-electron chi connectivity index (χ1n) is 10.4. The molecule has 0 fully saturated rings. The first-order chi connectivity index (χ1) is 15.1. The number of ether oxygens (including phenoxy) is 1. The van der Waals surface area contributed by atoms with Gasteiger partial charge in [0.15, 0.2) is 0 Å².